The van der Waals surface area contributed by atoms with E-state index in [-0.39, 0.29) is 8.45 Å². The third-order valence-electron chi connectivity index (χ3n) is 6.50. The Balaban J connectivity index is 1.99. The van der Waals surface area contributed by atoms with E-state index < -0.39 is 19.1 Å². The number of hydrogen-bond donors (Lipinski definition) is 0. The standard InChI is InChI=1S/2C10H9.C2H7Si.2ClH.Ti/c2*1-8-6-9-4-2-3-5-10(9)7-8;1-3-2;;;/h2*2-7H,1H3;3H,1-2H3;2*1H;/q;;;;;+2/p-2. The van der Waals surface area contributed by atoms with Crippen LogP contribution in [0.5, 0.6) is 0 Å². The minimum absolute atomic E-state index is 0.206. The summed E-state index contributed by atoms with van der Waals surface area (Å²) in [5.74, 6) is 0. The number of allylic oxidation sites excluding steroid dienone is 2. The number of benzene rings is 2. The molecule has 2 unspecified atom stereocenters. The summed E-state index contributed by atoms with van der Waals surface area (Å²) < 4.78 is 0.412. The zero-order valence-electron chi connectivity index (χ0n) is 15.8. The first kappa shape index (κ1) is 18.8. The van der Waals surface area contributed by atoms with Crippen LogP contribution < -0.4 is 0 Å². The summed E-state index contributed by atoms with van der Waals surface area (Å²) in [6.07, 6.45) is 4.62. The molecule has 0 N–H and O–H groups in total. The number of rotatable bonds is 3. The van der Waals surface area contributed by atoms with Crippen molar-refractivity contribution in [3.63, 3.8) is 0 Å². The van der Waals surface area contributed by atoms with Crippen molar-refractivity contribution >= 4 is 37.4 Å². The normalized spacial score (nSPS) is 23.1. The molecule has 0 saturated heterocycles. The predicted molar refractivity (Wildman–Crippen MR) is 116 cm³/mol. The number of fused-ring (bicyclic) bond motifs is 2. The van der Waals surface area contributed by atoms with Crippen molar-refractivity contribution < 1.29 is 12.4 Å². The van der Waals surface area contributed by atoms with Crippen LogP contribution in [0.15, 0.2) is 59.7 Å². The maximum atomic E-state index is 7.92. The molecular weight excluding hydrogens is 411 g/mol. The second-order valence-corrected chi connectivity index (χ2v) is 37.5. The summed E-state index contributed by atoms with van der Waals surface area (Å²) in [6.45, 7) is 7.84. The van der Waals surface area contributed by atoms with Crippen LogP contribution in [-0.4, -0.2) is 6.66 Å². The monoisotopic (exact) mass is 435 g/mol. The van der Waals surface area contributed by atoms with Crippen LogP contribution in [0, 0.1) is 0 Å². The van der Waals surface area contributed by atoms with Crippen molar-refractivity contribution in [2.75, 3.05) is 0 Å². The van der Waals surface area contributed by atoms with E-state index in [0.29, 0.717) is 0 Å². The van der Waals surface area contributed by atoms with Crippen molar-refractivity contribution in [3.05, 3.63) is 81.9 Å². The molecule has 4 heteroatoms. The Bertz CT molecular complexity index is 887. The first-order valence-electron chi connectivity index (χ1n) is 9.36. The van der Waals surface area contributed by atoms with Gasteiger partial charge >= 0.3 is 167 Å². The maximum absolute atomic E-state index is 7.92. The van der Waals surface area contributed by atoms with Gasteiger partial charge in [0.2, 0.25) is 0 Å². The molecule has 0 nitrogen and oxygen atoms in total. The Labute approximate surface area is 166 Å². The fourth-order valence-corrected chi connectivity index (χ4v) is 27.4. The molecule has 2 aromatic carbocycles. The molecule has 2 atom stereocenters. The first-order chi connectivity index (χ1) is 12.2. The third kappa shape index (κ3) is 2.45. The molecule has 0 aliphatic heterocycles. The van der Waals surface area contributed by atoms with E-state index in [9.17, 15) is 0 Å². The predicted octanol–water partition coefficient (Wildman–Crippen LogP) is 7.28. The fraction of sp³-hybridized carbons (Fsp3) is 0.273. The van der Waals surface area contributed by atoms with Crippen LogP contribution in [-0.2, 0) is 12.4 Å². The van der Waals surface area contributed by atoms with Crippen LogP contribution >= 0.6 is 18.6 Å². The van der Waals surface area contributed by atoms with Gasteiger partial charge in [0.15, 0.2) is 0 Å². The van der Waals surface area contributed by atoms with Crippen molar-refractivity contribution in [1.29, 1.82) is 0 Å². The van der Waals surface area contributed by atoms with E-state index in [1.807, 2.05) is 0 Å². The van der Waals surface area contributed by atoms with Gasteiger partial charge in [0, 0.05) is 0 Å². The zero-order chi connectivity index (χ0) is 18.7. The summed E-state index contributed by atoms with van der Waals surface area (Å²) in [5, 5.41) is 0. The second-order valence-electron chi connectivity index (χ2n) is 8.28. The molecule has 26 heavy (non-hydrogen) atoms. The van der Waals surface area contributed by atoms with Gasteiger partial charge in [-0.1, -0.05) is 0 Å². The van der Waals surface area contributed by atoms with Crippen LogP contribution in [0.1, 0.15) is 44.5 Å². The fourth-order valence-electron chi connectivity index (χ4n) is 5.26. The molecule has 135 valence electrons. The molecule has 4 rings (SSSR count). The van der Waals surface area contributed by atoms with Crippen molar-refractivity contribution in [3.8, 4) is 0 Å². The molecule has 0 aromatic heterocycles. The molecule has 0 heterocycles. The molecule has 2 aliphatic carbocycles. The Kier molecular flexibility index (Phi) is 4.49. The number of hydrogen-bond acceptors (Lipinski definition) is 0. The van der Waals surface area contributed by atoms with Crippen LogP contribution in [0.3, 0.4) is 0 Å². The zero-order valence-corrected chi connectivity index (χ0v) is 20.0. The molecule has 0 spiro atoms. The van der Waals surface area contributed by atoms with Gasteiger partial charge in [0.1, 0.15) is 0 Å². The van der Waals surface area contributed by atoms with E-state index in [2.05, 4.69) is 87.6 Å². The van der Waals surface area contributed by atoms with Gasteiger partial charge in [0.05, 0.1) is 0 Å². The summed E-state index contributed by atoms with van der Waals surface area (Å²) in [7, 11) is 15.8. The van der Waals surface area contributed by atoms with Crippen molar-refractivity contribution in [2.24, 2.45) is 0 Å². The van der Waals surface area contributed by atoms with Gasteiger partial charge in [-0.15, -0.1) is 0 Å². The van der Waals surface area contributed by atoms with Crippen molar-refractivity contribution in [1.82, 2.24) is 0 Å². The van der Waals surface area contributed by atoms with Gasteiger partial charge in [-0.2, -0.15) is 0 Å². The Morgan fingerprint density at radius 2 is 1.12 bits per heavy atom. The molecule has 0 bridgehead atoms. The molecule has 0 amide bonds. The quantitative estimate of drug-likeness (QED) is 0.444. The molecular formula is C22H25Cl2SiTi. The number of halogens is 2. The average Bonchev–Trinajstić information content (AvgIpc) is 3.10. The van der Waals surface area contributed by atoms with Gasteiger partial charge < -0.3 is 0 Å². The molecule has 2 aliphatic rings. The molecule has 0 fully saturated rings. The first-order valence-corrected chi connectivity index (χ1v) is 21.1. The Hall–Kier alpha value is -0.569. The van der Waals surface area contributed by atoms with Gasteiger partial charge in [0.25, 0.3) is 0 Å². The van der Waals surface area contributed by atoms with Crippen LogP contribution in [0.4, 0.5) is 0 Å². The van der Waals surface area contributed by atoms with E-state index in [1.54, 1.807) is 0 Å². The van der Waals surface area contributed by atoms with Gasteiger partial charge in [-0.3, -0.25) is 0 Å². The molecule has 2 aromatic rings. The van der Waals surface area contributed by atoms with Crippen molar-refractivity contribution in [2.45, 2.75) is 35.4 Å². The summed E-state index contributed by atoms with van der Waals surface area (Å²) in [6, 6.07) is 17.4. The topological polar surface area (TPSA) is 0 Å². The van der Waals surface area contributed by atoms with Gasteiger partial charge in [-0.25, -0.2) is 0 Å². The van der Waals surface area contributed by atoms with Crippen LogP contribution in [0.2, 0.25) is 13.1 Å². The molecule has 0 radical (unpaired) electrons. The third-order valence-corrected chi connectivity index (χ3v) is 42.0. The summed E-state index contributed by atoms with van der Waals surface area (Å²) in [5.41, 5.74) is 8.01. The van der Waals surface area contributed by atoms with E-state index in [4.69, 9.17) is 18.6 Å². The minimum atomic E-state index is -4.04. The summed E-state index contributed by atoms with van der Waals surface area (Å²) in [4.78, 5) is 0. The Morgan fingerprint density at radius 1 is 0.731 bits per heavy atom. The molecule has 0 saturated carbocycles. The SMILES string of the molecule is CC1=Cc2ccccc2[CH]1[Ti]([Cl])([Cl])([CH]1C(C)=Cc2ccccc21)[SiH](C)C. The summed E-state index contributed by atoms with van der Waals surface area (Å²) >= 11 is -4.04. The van der Waals surface area contributed by atoms with Gasteiger partial charge in [-0.05, 0) is 0 Å². The van der Waals surface area contributed by atoms with E-state index in [0.717, 1.165) is 0 Å². The average molecular weight is 436 g/mol. The van der Waals surface area contributed by atoms with Crippen LogP contribution in [0.25, 0.3) is 12.2 Å². The second kappa shape index (κ2) is 6.22. The Morgan fingerprint density at radius 3 is 1.50 bits per heavy atom. The van der Waals surface area contributed by atoms with E-state index >= 15 is 0 Å². The van der Waals surface area contributed by atoms with E-state index in [1.165, 1.54) is 33.4 Å².